The van der Waals surface area contributed by atoms with Crippen LogP contribution >= 0.6 is 11.6 Å². The molecule has 0 unspecified atom stereocenters. The second-order valence-electron chi connectivity index (χ2n) is 9.39. The molecule has 0 saturated carbocycles. The van der Waals surface area contributed by atoms with Crippen molar-refractivity contribution in [3.05, 3.63) is 35.3 Å². The van der Waals surface area contributed by atoms with E-state index in [1.807, 2.05) is 7.05 Å². The molecular formula is C22H30ClKN8O. The molecule has 1 saturated heterocycles. The van der Waals surface area contributed by atoms with Gasteiger partial charge in [-0.25, -0.2) is 4.98 Å². The normalized spacial score (nSPS) is 17.7. The van der Waals surface area contributed by atoms with Crippen LogP contribution in [-0.2, 0) is 0 Å². The zero-order valence-electron chi connectivity index (χ0n) is 20.3. The number of phenols is 1. The number of amidine groups is 2. The average molecular weight is 497 g/mol. The maximum Gasteiger partial charge on any atom is 1.00 e. The van der Waals surface area contributed by atoms with Crippen molar-refractivity contribution in [1.82, 2.24) is 20.5 Å². The summed E-state index contributed by atoms with van der Waals surface area (Å²) in [4.78, 5) is 10.4. The van der Waals surface area contributed by atoms with E-state index < -0.39 is 0 Å². The van der Waals surface area contributed by atoms with Gasteiger partial charge in [0.1, 0.15) is 5.75 Å². The number of benzene rings is 1. The Kier molecular flexibility index (Phi) is 9.42. The molecule has 1 aromatic heterocycles. The van der Waals surface area contributed by atoms with Crippen molar-refractivity contribution in [3.63, 3.8) is 0 Å². The molecule has 9 nitrogen and oxygen atoms in total. The van der Waals surface area contributed by atoms with Gasteiger partial charge in [-0.15, -0.1) is 10.2 Å². The van der Waals surface area contributed by atoms with Gasteiger partial charge in [-0.3, -0.25) is 0 Å². The van der Waals surface area contributed by atoms with Crippen LogP contribution in [0, 0.1) is 5.41 Å². The second kappa shape index (κ2) is 11.1. The SMILES string of the molecule is C[N-]C(Cl)=NC(=N)c1ccc(-c2ncc(N(C)C3CC(C)(C)NC(C)(C)C3)nn2)c(O)c1.[K+]. The van der Waals surface area contributed by atoms with E-state index in [1.54, 1.807) is 18.3 Å². The van der Waals surface area contributed by atoms with Crippen molar-refractivity contribution >= 4 is 28.5 Å². The summed E-state index contributed by atoms with van der Waals surface area (Å²) in [6.45, 7) is 8.85. The molecule has 0 spiro atoms. The Bertz CT molecular complexity index is 1010. The zero-order valence-corrected chi connectivity index (χ0v) is 24.2. The predicted molar refractivity (Wildman–Crippen MR) is 129 cm³/mol. The fourth-order valence-electron chi connectivity index (χ4n) is 4.36. The Labute approximate surface area is 242 Å². The monoisotopic (exact) mass is 496 g/mol. The van der Waals surface area contributed by atoms with Crippen LogP contribution in [0.15, 0.2) is 29.4 Å². The molecule has 0 amide bonds. The number of phenolic OH excluding ortho intramolecular Hbond substituents is 1. The van der Waals surface area contributed by atoms with Crippen molar-refractivity contribution in [2.24, 2.45) is 4.99 Å². The van der Waals surface area contributed by atoms with Crippen molar-refractivity contribution < 1.29 is 56.5 Å². The van der Waals surface area contributed by atoms with Crippen molar-refractivity contribution in [3.8, 4) is 17.1 Å². The molecule has 1 aromatic carbocycles. The summed E-state index contributed by atoms with van der Waals surface area (Å²) in [6.07, 6.45) is 3.62. The third kappa shape index (κ3) is 7.17. The van der Waals surface area contributed by atoms with E-state index in [0.717, 1.165) is 12.8 Å². The Balaban J connectivity index is 0.00000385. The van der Waals surface area contributed by atoms with Gasteiger partial charge in [0.25, 0.3) is 0 Å². The van der Waals surface area contributed by atoms with Gasteiger partial charge < -0.3 is 31.0 Å². The summed E-state index contributed by atoms with van der Waals surface area (Å²) in [5.74, 6) is 0.800. The van der Waals surface area contributed by atoms with E-state index in [-0.39, 0.29) is 79.3 Å². The Hall–Kier alpha value is -1.14. The van der Waals surface area contributed by atoms with E-state index >= 15 is 0 Å². The third-order valence-corrected chi connectivity index (χ3v) is 5.78. The van der Waals surface area contributed by atoms with Gasteiger partial charge in [-0.2, -0.15) is 0 Å². The fraction of sp³-hybridized carbons (Fsp3) is 0.500. The van der Waals surface area contributed by atoms with E-state index in [0.29, 0.717) is 28.8 Å². The van der Waals surface area contributed by atoms with Crippen LogP contribution in [-0.4, -0.2) is 62.6 Å². The molecule has 1 aliphatic rings. The number of anilines is 1. The van der Waals surface area contributed by atoms with Crippen LogP contribution in [0.5, 0.6) is 5.75 Å². The summed E-state index contributed by atoms with van der Waals surface area (Å²) < 4.78 is 0. The van der Waals surface area contributed by atoms with Crippen molar-refractivity contribution in [2.75, 3.05) is 19.0 Å². The zero-order chi connectivity index (χ0) is 23.7. The van der Waals surface area contributed by atoms with Crippen LogP contribution in [0.1, 0.15) is 46.1 Å². The minimum absolute atomic E-state index is 0. The van der Waals surface area contributed by atoms with Crippen LogP contribution in [0.25, 0.3) is 16.7 Å². The van der Waals surface area contributed by atoms with Crippen LogP contribution in [0.2, 0.25) is 0 Å². The van der Waals surface area contributed by atoms with Crippen LogP contribution < -0.4 is 61.6 Å². The molecule has 33 heavy (non-hydrogen) atoms. The number of rotatable bonds is 4. The molecule has 3 N–H and O–H groups in total. The van der Waals surface area contributed by atoms with Crippen molar-refractivity contribution in [1.29, 1.82) is 5.41 Å². The largest absolute Gasteiger partial charge is 1.00 e. The summed E-state index contributed by atoms with van der Waals surface area (Å²) in [7, 11) is 3.50. The van der Waals surface area contributed by atoms with Gasteiger partial charge in [-0.1, -0.05) is 24.7 Å². The Morgan fingerprint density at radius 1 is 1.24 bits per heavy atom. The molecule has 3 rings (SSSR count). The molecule has 0 bridgehead atoms. The topological polar surface area (TPSA) is 124 Å². The quantitative estimate of drug-likeness (QED) is 0.250. The second-order valence-corrected chi connectivity index (χ2v) is 9.73. The smallest absolute Gasteiger partial charge is 0.507 e. The van der Waals surface area contributed by atoms with Crippen LogP contribution in [0.4, 0.5) is 5.82 Å². The number of nitrogens with one attached hydrogen (secondary N) is 2. The minimum atomic E-state index is -0.105. The molecule has 0 radical (unpaired) electrons. The maximum absolute atomic E-state index is 10.5. The van der Waals surface area contributed by atoms with E-state index in [2.05, 4.69) is 63.4 Å². The van der Waals surface area contributed by atoms with Crippen molar-refractivity contribution in [2.45, 2.75) is 57.7 Å². The molecule has 1 fully saturated rings. The molecule has 172 valence electrons. The number of aromatic nitrogens is 3. The van der Waals surface area contributed by atoms with Crippen LogP contribution in [0.3, 0.4) is 0 Å². The first-order valence-electron chi connectivity index (χ1n) is 10.4. The number of hydrogen-bond acceptors (Lipinski definition) is 7. The minimum Gasteiger partial charge on any atom is -0.507 e. The van der Waals surface area contributed by atoms with Gasteiger partial charge in [0.2, 0.25) is 0 Å². The first-order valence-corrected chi connectivity index (χ1v) is 10.8. The third-order valence-electron chi connectivity index (χ3n) is 5.53. The van der Waals surface area contributed by atoms with E-state index in [4.69, 9.17) is 17.0 Å². The Morgan fingerprint density at radius 3 is 2.39 bits per heavy atom. The van der Waals surface area contributed by atoms with Gasteiger partial charge in [-0.05, 0) is 58.2 Å². The first kappa shape index (κ1) is 28.1. The van der Waals surface area contributed by atoms with Gasteiger partial charge in [0.15, 0.2) is 11.6 Å². The summed E-state index contributed by atoms with van der Waals surface area (Å²) in [5.41, 5.74) is 0.848. The van der Waals surface area contributed by atoms with Gasteiger partial charge >= 0.3 is 51.4 Å². The molecule has 0 aliphatic carbocycles. The molecule has 0 atom stereocenters. The van der Waals surface area contributed by atoms with E-state index in [1.165, 1.54) is 13.1 Å². The van der Waals surface area contributed by atoms with Gasteiger partial charge in [0.05, 0.1) is 11.8 Å². The molecule has 11 heteroatoms. The number of nitrogens with zero attached hydrogens (tertiary/aromatic N) is 6. The van der Waals surface area contributed by atoms with E-state index in [9.17, 15) is 5.11 Å². The summed E-state index contributed by atoms with van der Waals surface area (Å²) in [6, 6.07) is 4.99. The number of aliphatic imine (C=N–C) groups is 1. The molecular weight excluding hydrogens is 467 g/mol. The standard InChI is InChI=1S/C22H30ClN8O.K/c1-21(2)10-14(11-22(3,4)30-21)31(6)17-12-26-19(29-28-17)15-8-7-13(9-16(15)32)18(24)27-20(23)25-5;/h7-9,12,14,30H,10-11H2,1-6H3,(H2-,24,25,26,27,29,32);/q-1;+1. The average Bonchev–Trinajstić information content (AvgIpc) is 2.71. The fourth-order valence-corrected chi connectivity index (χ4v) is 4.44. The van der Waals surface area contributed by atoms with Gasteiger partial charge in [0, 0.05) is 35.3 Å². The summed E-state index contributed by atoms with van der Waals surface area (Å²) >= 11 is 5.75. The Morgan fingerprint density at radius 2 is 1.88 bits per heavy atom. The summed E-state index contributed by atoms with van der Waals surface area (Å²) in [5, 5.41) is 34.4. The maximum atomic E-state index is 10.5. The predicted octanol–water partition coefficient (Wildman–Crippen LogP) is 0.917. The number of hydrogen-bond donors (Lipinski definition) is 3. The number of piperidine rings is 1. The molecule has 1 aliphatic heterocycles. The first-order chi connectivity index (χ1) is 14.9. The molecule has 2 heterocycles. The number of aromatic hydroxyl groups is 1. The molecule has 2 aromatic rings. The number of halogens is 1.